The molecule has 1 aliphatic carbocycles. The van der Waals surface area contributed by atoms with Crippen molar-refractivity contribution < 1.29 is 23.5 Å². The van der Waals surface area contributed by atoms with Crippen LogP contribution in [-0.2, 0) is 11.1 Å². The topological polar surface area (TPSA) is 121 Å². The predicted octanol–water partition coefficient (Wildman–Crippen LogP) is 2.81. The highest BCUT2D eigenvalue weighted by Crippen LogP contribution is 2.33. The lowest BCUT2D eigenvalue weighted by Gasteiger charge is -2.24. The first-order chi connectivity index (χ1) is 14.2. The average molecular weight is 439 g/mol. The molecule has 8 nitrogen and oxygen atoms in total. The van der Waals surface area contributed by atoms with Crippen molar-refractivity contribution in [2.24, 2.45) is 0 Å². The fourth-order valence-electron chi connectivity index (χ4n) is 3.82. The molecule has 0 spiro atoms. The number of halogens is 1. The van der Waals surface area contributed by atoms with E-state index in [1.807, 2.05) is 6.92 Å². The van der Waals surface area contributed by atoms with Gasteiger partial charge < -0.3 is 25.0 Å². The summed E-state index contributed by atoms with van der Waals surface area (Å²) in [5.41, 5.74) is 0.0535. The Morgan fingerprint density at radius 1 is 1.27 bits per heavy atom. The summed E-state index contributed by atoms with van der Waals surface area (Å²) in [6.07, 6.45) is 6.23. The first kappa shape index (κ1) is 22.5. The summed E-state index contributed by atoms with van der Waals surface area (Å²) in [6, 6.07) is 2.97. The second-order valence-electron chi connectivity index (χ2n) is 7.63. The lowest BCUT2D eigenvalue weighted by Crippen LogP contribution is -2.32. The molecule has 4 N–H and O–H groups in total. The minimum Gasteiger partial charge on any atom is -0.380 e. The van der Waals surface area contributed by atoms with Gasteiger partial charge in [0.05, 0.1) is 17.4 Å². The zero-order valence-corrected chi connectivity index (χ0v) is 17.8. The van der Waals surface area contributed by atoms with Gasteiger partial charge in [0.15, 0.2) is 0 Å². The summed E-state index contributed by atoms with van der Waals surface area (Å²) in [4.78, 5) is 43.0. The molecule has 1 aromatic heterocycles. The summed E-state index contributed by atoms with van der Waals surface area (Å²) < 4.78 is 27.4. The van der Waals surface area contributed by atoms with Gasteiger partial charge in [-0.15, -0.1) is 0 Å². The van der Waals surface area contributed by atoms with Crippen LogP contribution < -0.4 is 16.1 Å². The lowest BCUT2D eigenvalue weighted by atomic mass is 9.95. The Morgan fingerprint density at radius 3 is 2.60 bits per heavy atom. The molecule has 1 fully saturated rings. The Bertz CT molecular complexity index is 1040. The van der Waals surface area contributed by atoms with E-state index in [0.29, 0.717) is 17.7 Å². The number of anilines is 1. The Labute approximate surface area is 173 Å². The SMILES string of the molecule is CCn1cc(C(=O)NCCP(=O)(O)O)c(=O)c2cc(F)c(NC3CCCCC3)cc21. The van der Waals surface area contributed by atoms with Gasteiger partial charge in [0.1, 0.15) is 11.4 Å². The molecular weight excluding hydrogens is 412 g/mol. The molecule has 1 aromatic carbocycles. The van der Waals surface area contributed by atoms with E-state index in [-0.39, 0.29) is 23.5 Å². The van der Waals surface area contributed by atoms with Crippen LogP contribution in [0.3, 0.4) is 0 Å². The fraction of sp³-hybridized carbons (Fsp3) is 0.500. The number of nitrogens with zero attached hydrogens (tertiary/aromatic N) is 1. The normalized spacial score (nSPS) is 15.3. The standard InChI is InChI=1S/C20H27FN3O5P/c1-2-24-12-15(20(26)22-8-9-30(27,28)29)19(25)14-10-16(21)17(11-18(14)24)23-13-6-4-3-5-7-13/h10-13,23H,2-9H2,1H3,(H,22,26)(H2,27,28,29). The van der Waals surface area contributed by atoms with Crippen molar-refractivity contribution in [1.82, 2.24) is 9.88 Å². The van der Waals surface area contributed by atoms with Gasteiger partial charge >= 0.3 is 7.60 Å². The summed E-state index contributed by atoms with van der Waals surface area (Å²) in [6.45, 7) is 2.02. The van der Waals surface area contributed by atoms with Crippen molar-refractivity contribution >= 4 is 30.1 Å². The Morgan fingerprint density at radius 2 is 1.97 bits per heavy atom. The van der Waals surface area contributed by atoms with Gasteiger partial charge in [-0.3, -0.25) is 14.2 Å². The number of hydrogen-bond donors (Lipinski definition) is 4. The highest BCUT2D eigenvalue weighted by atomic mass is 31.2. The van der Waals surface area contributed by atoms with Gasteiger partial charge in [0.2, 0.25) is 5.43 Å². The number of benzene rings is 1. The number of nitrogens with one attached hydrogen (secondary N) is 2. The van der Waals surface area contributed by atoms with Gasteiger partial charge in [0.25, 0.3) is 5.91 Å². The number of hydrogen-bond acceptors (Lipinski definition) is 4. The first-order valence-electron chi connectivity index (χ1n) is 10.2. The molecule has 0 unspecified atom stereocenters. The summed E-state index contributed by atoms with van der Waals surface area (Å²) in [5.74, 6) is -1.30. The number of aryl methyl sites for hydroxylation is 1. The number of carbonyl (C=O) groups is 1. The third-order valence-electron chi connectivity index (χ3n) is 5.41. The molecule has 1 heterocycles. The summed E-state index contributed by atoms with van der Waals surface area (Å²) in [5, 5.41) is 5.68. The van der Waals surface area contributed by atoms with Crippen LogP contribution in [0.2, 0.25) is 0 Å². The molecule has 30 heavy (non-hydrogen) atoms. The predicted molar refractivity (Wildman–Crippen MR) is 114 cm³/mol. The van der Waals surface area contributed by atoms with Crippen molar-refractivity contribution in [2.45, 2.75) is 51.6 Å². The minimum absolute atomic E-state index is 0.0891. The van der Waals surface area contributed by atoms with Crippen molar-refractivity contribution in [1.29, 1.82) is 0 Å². The zero-order chi connectivity index (χ0) is 21.9. The second-order valence-corrected chi connectivity index (χ2v) is 9.41. The van der Waals surface area contributed by atoms with Crippen molar-refractivity contribution in [3.8, 4) is 0 Å². The molecule has 1 saturated carbocycles. The van der Waals surface area contributed by atoms with E-state index in [1.54, 1.807) is 10.6 Å². The number of amides is 1. The highest BCUT2D eigenvalue weighted by molar-refractivity contribution is 7.51. The molecule has 10 heteroatoms. The smallest absolute Gasteiger partial charge is 0.327 e. The van der Waals surface area contributed by atoms with Crippen LogP contribution in [-0.4, -0.2) is 39.0 Å². The zero-order valence-electron chi connectivity index (χ0n) is 16.9. The Kier molecular flexibility index (Phi) is 6.95. The largest absolute Gasteiger partial charge is 0.380 e. The first-order valence-corrected chi connectivity index (χ1v) is 12.0. The maximum absolute atomic E-state index is 14.8. The molecule has 2 aromatic rings. The quantitative estimate of drug-likeness (QED) is 0.493. The lowest BCUT2D eigenvalue weighted by molar-refractivity contribution is 0.0954. The fourth-order valence-corrected chi connectivity index (χ4v) is 4.22. The van der Waals surface area contributed by atoms with Crippen LogP contribution >= 0.6 is 7.60 Å². The van der Waals surface area contributed by atoms with Crippen LogP contribution in [0.15, 0.2) is 23.1 Å². The molecule has 0 saturated heterocycles. The maximum Gasteiger partial charge on any atom is 0.327 e. The van der Waals surface area contributed by atoms with Gasteiger partial charge in [-0.1, -0.05) is 19.3 Å². The number of rotatable bonds is 7. The van der Waals surface area contributed by atoms with Gasteiger partial charge in [-0.2, -0.15) is 0 Å². The molecule has 0 atom stereocenters. The number of pyridine rings is 1. The Balaban J connectivity index is 1.93. The number of carbonyl (C=O) groups excluding carboxylic acids is 1. The summed E-state index contributed by atoms with van der Waals surface area (Å²) in [7, 11) is -4.26. The van der Waals surface area contributed by atoms with Crippen LogP contribution in [0.1, 0.15) is 49.4 Å². The highest BCUT2D eigenvalue weighted by Gasteiger charge is 2.20. The van der Waals surface area contributed by atoms with Gasteiger partial charge in [-0.25, -0.2) is 4.39 Å². The van der Waals surface area contributed by atoms with Crippen LogP contribution in [0.4, 0.5) is 10.1 Å². The average Bonchev–Trinajstić information content (AvgIpc) is 2.69. The summed E-state index contributed by atoms with van der Waals surface area (Å²) >= 11 is 0. The third kappa shape index (κ3) is 5.28. The van der Waals surface area contributed by atoms with E-state index < -0.39 is 30.9 Å². The molecule has 1 amide bonds. The van der Waals surface area contributed by atoms with E-state index >= 15 is 0 Å². The molecule has 0 bridgehead atoms. The van der Waals surface area contributed by atoms with Crippen LogP contribution in [0.25, 0.3) is 10.9 Å². The third-order valence-corrected chi connectivity index (χ3v) is 6.21. The molecule has 1 aliphatic rings. The van der Waals surface area contributed by atoms with E-state index in [0.717, 1.165) is 31.7 Å². The minimum atomic E-state index is -4.26. The van der Waals surface area contributed by atoms with Gasteiger partial charge in [-0.05, 0) is 31.9 Å². The molecule has 0 radical (unpaired) electrons. The van der Waals surface area contributed by atoms with Crippen molar-refractivity contribution in [3.05, 3.63) is 39.9 Å². The molecular formula is C20H27FN3O5P. The van der Waals surface area contributed by atoms with E-state index in [2.05, 4.69) is 10.6 Å². The van der Waals surface area contributed by atoms with Gasteiger partial charge in [0, 0.05) is 30.7 Å². The monoisotopic (exact) mass is 439 g/mol. The van der Waals surface area contributed by atoms with E-state index in [4.69, 9.17) is 9.79 Å². The number of fused-ring (bicyclic) bond motifs is 1. The number of aromatic nitrogens is 1. The van der Waals surface area contributed by atoms with Crippen molar-refractivity contribution in [3.63, 3.8) is 0 Å². The molecule has 3 rings (SSSR count). The molecule has 0 aliphatic heterocycles. The van der Waals surface area contributed by atoms with Crippen LogP contribution in [0.5, 0.6) is 0 Å². The van der Waals surface area contributed by atoms with Crippen LogP contribution in [0, 0.1) is 5.82 Å². The maximum atomic E-state index is 14.8. The van der Waals surface area contributed by atoms with E-state index in [1.165, 1.54) is 12.6 Å². The van der Waals surface area contributed by atoms with Crippen molar-refractivity contribution in [2.75, 3.05) is 18.0 Å². The second kappa shape index (κ2) is 9.29. The van der Waals surface area contributed by atoms with E-state index in [9.17, 15) is 18.5 Å². The Hall–Kier alpha value is -2.22. The molecule has 164 valence electrons.